The smallest absolute Gasteiger partial charge is 0.352 e. The quantitative estimate of drug-likeness (QED) is 0.452. The van der Waals surface area contributed by atoms with E-state index >= 15 is 0 Å². The maximum absolute atomic E-state index is 14.1. The maximum atomic E-state index is 14.1. The fraction of sp³-hybridized carbons (Fsp3) is 0.333. The van der Waals surface area contributed by atoms with Crippen molar-refractivity contribution in [3.63, 3.8) is 0 Å². The zero-order valence-corrected chi connectivity index (χ0v) is 19.0. The fourth-order valence-corrected chi connectivity index (χ4v) is 4.55. The Morgan fingerprint density at radius 1 is 1.20 bits per heavy atom. The number of hydrogen-bond acceptors (Lipinski definition) is 6. The fourth-order valence-electron chi connectivity index (χ4n) is 4.55. The van der Waals surface area contributed by atoms with Crippen LogP contribution in [0.4, 0.5) is 13.2 Å². The highest BCUT2D eigenvalue weighted by molar-refractivity contribution is 5.98. The van der Waals surface area contributed by atoms with Crippen molar-refractivity contribution in [2.24, 2.45) is 5.73 Å². The number of amides is 1. The second-order valence-electron chi connectivity index (χ2n) is 8.67. The first kappa shape index (κ1) is 23.2. The van der Waals surface area contributed by atoms with Crippen LogP contribution in [0, 0.1) is 0 Å². The number of pyridine rings is 2. The van der Waals surface area contributed by atoms with Crippen molar-refractivity contribution in [1.82, 2.24) is 29.8 Å². The molecule has 0 aliphatic carbocycles. The third-order valence-electron chi connectivity index (χ3n) is 6.19. The highest BCUT2D eigenvalue weighted by atomic mass is 19.4. The van der Waals surface area contributed by atoms with E-state index in [1.807, 2.05) is 13.0 Å². The molecule has 1 fully saturated rings. The van der Waals surface area contributed by atoms with Crippen molar-refractivity contribution in [1.29, 1.82) is 0 Å². The molecule has 182 valence electrons. The number of nitrogens with zero attached hydrogens (tertiary/aromatic N) is 5. The summed E-state index contributed by atoms with van der Waals surface area (Å²) in [5.74, 6) is 0.102. The second-order valence-corrected chi connectivity index (χ2v) is 8.67. The molecule has 1 aromatic carbocycles. The molecule has 4 heterocycles. The summed E-state index contributed by atoms with van der Waals surface area (Å²) >= 11 is 0. The number of likely N-dealkylation sites (tertiary alicyclic amines) is 1. The zero-order valence-electron chi connectivity index (χ0n) is 19.0. The van der Waals surface area contributed by atoms with E-state index in [0.29, 0.717) is 41.2 Å². The molecule has 2 atom stereocenters. The minimum absolute atomic E-state index is 0.0828. The Balaban J connectivity index is 1.57. The Kier molecular flexibility index (Phi) is 5.89. The molecule has 0 bridgehead atoms. The largest absolute Gasteiger partial charge is 0.408 e. The van der Waals surface area contributed by atoms with Crippen LogP contribution in [0.2, 0.25) is 0 Å². The van der Waals surface area contributed by atoms with Crippen LogP contribution in [0.1, 0.15) is 35.3 Å². The highest BCUT2D eigenvalue weighted by Gasteiger charge is 2.46. The molecule has 0 saturated carbocycles. The molecule has 35 heavy (non-hydrogen) atoms. The summed E-state index contributed by atoms with van der Waals surface area (Å²) in [6, 6.07) is 9.65. The maximum Gasteiger partial charge on any atom is 0.408 e. The molecule has 8 nitrogen and oxygen atoms in total. The minimum atomic E-state index is -4.47. The van der Waals surface area contributed by atoms with Gasteiger partial charge in [-0.25, -0.2) is 4.98 Å². The lowest BCUT2D eigenvalue weighted by molar-refractivity contribution is -0.183. The van der Waals surface area contributed by atoms with Crippen LogP contribution in [0.3, 0.4) is 0 Å². The first-order valence-electron chi connectivity index (χ1n) is 11.3. The van der Waals surface area contributed by atoms with Crippen molar-refractivity contribution in [2.75, 3.05) is 19.6 Å². The summed E-state index contributed by atoms with van der Waals surface area (Å²) in [5.41, 5.74) is 7.84. The lowest BCUT2D eigenvalue weighted by Gasteiger charge is -2.30. The summed E-state index contributed by atoms with van der Waals surface area (Å²) in [4.78, 5) is 18.2. The van der Waals surface area contributed by atoms with Gasteiger partial charge in [-0.15, -0.1) is 10.2 Å². The van der Waals surface area contributed by atoms with Crippen molar-refractivity contribution >= 4 is 22.5 Å². The number of nitrogens with one attached hydrogen (secondary N) is 1. The average Bonchev–Trinajstić information content (AvgIpc) is 3.43. The SMILES string of the molecule is CCNC(=O)c1ccc2ccc(-c3nnc4ccc([C@@H](N5CC[C@H](N)C5)C(F)(F)F)cn34)nc2c1. The number of fused-ring (bicyclic) bond motifs is 2. The molecule has 1 aliphatic rings. The summed E-state index contributed by atoms with van der Waals surface area (Å²) in [7, 11) is 0. The van der Waals surface area contributed by atoms with E-state index in [1.165, 1.54) is 27.6 Å². The van der Waals surface area contributed by atoms with Gasteiger partial charge in [-0.2, -0.15) is 13.2 Å². The van der Waals surface area contributed by atoms with E-state index in [4.69, 9.17) is 5.73 Å². The molecular formula is C24H24F3N7O. The van der Waals surface area contributed by atoms with E-state index in [1.54, 1.807) is 24.3 Å². The van der Waals surface area contributed by atoms with Crippen LogP contribution < -0.4 is 11.1 Å². The molecule has 1 aliphatic heterocycles. The van der Waals surface area contributed by atoms with Gasteiger partial charge >= 0.3 is 6.18 Å². The van der Waals surface area contributed by atoms with Gasteiger partial charge in [0.2, 0.25) is 0 Å². The number of benzene rings is 1. The number of rotatable bonds is 5. The lowest BCUT2D eigenvalue weighted by atomic mass is 10.1. The van der Waals surface area contributed by atoms with E-state index < -0.39 is 12.2 Å². The van der Waals surface area contributed by atoms with E-state index in [9.17, 15) is 18.0 Å². The van der Waals surface area contributed by atoms with Crippen LogP contribution in [-0.2, 0) is 0 Å². The summed E-state index contributed by atoms with van der Waals surface area (Å²) in [5, 5.41) is 11.9. The van der Waals surface area contributed by atoms with E-state index in [0.717, 1.165) is 5.39 Å². The topological polar surface area (TPSA) is 101 Å². The van der Waals surface area contributed by atoms with Gasteiger partial charge in [0.05, 0.1) is 5.52 Å². The van der Waals surface area contributed by atoms with Gasteiger partial charge in [0.25, 0.3) is 5.91 Å². The molecule has 0 radical (unpaired) electrons. The molecule has 1 amide bonds. The van der Waals surface area contributed by atoms with Gasteiger partial charge < -0.3 is 11.1 Å². The van der Waals surface area contributed by atoms with Crippen molar-refractivity contribution in [2.45, 2.75) is 31.6 Å². The third-order valence-corrected chi connectivity index (χ3v) is 6.19. The van der Waals surface area contributed by atoms with Gasteiger partial charge in [-0.1, -0.05) is 18.2 Å². The van der Waals surface area contributed by atoms with Crippen molar-refractivity contribution in [3.05, 3.63) is 59.8 Å². The van der Waals surface area contributed by atoms with E-state index in [-0.39, 0.29) is 30.6 Å². The summed E-state index contributed by atoms with van der Waals surface area (Å²) < 4.78 is 43.8. The molecule has 1 saturated heterocycles. The predicted molar refractivity (Wildman–Crippen MR) is 125 cm³/mol. The van der Waals surface area contributed by atoms with Crippen molar-refractivity contribution in [3.8, 4) is 11.5 Å². The van der Waals surface area contributed by atoms with Crippen LogP contribution in [-0.4, -0.2) is 62.2 Å². The third kappa shape index (κ3) is 4.44. The van der Waals surface area contributed by atoms with Gasteiger partial charge in [0.15, 0.2) is 11.5 Å². The number of hydrogen-bond donors (Lipinski definition) is 2. The molecule has 0 unspecified atom stereocenters. The Labute approximate surface area is 199 Å². The van der Waals surface area contributed by atoms with Gasteiger partial charge in [-0.3, -0.25) is 14.1 Å². The monoisotopic (exact) mass is 483 g/mol. The number of halogens is 3. The number of carbonyl (C=O) groups is 1. The molecule has 0 spiro atoms. The summed E-state index contributed by atoms with van der Waals surface area (Å²) in [6.45, 7) is 2.79. The van der Waals surface area contributed by atoms with Crippen LogP contribution in [0.25, 0.3) is 28.1 Å². The molecule has 3 N–H and O–H groups in total. The van der Waals surface area contributed by atoms with Crippen LogP contribution >= 0.6 is 0 Å². The van der Waals surface area contributed by atoms with Crippen LogP contribution in [0.5, 0.6) is 0 Å². The molecule has 3 aromatic heterocycles. The van der Waals surface area contributed by atoms with Gasteiger partial charge in [0, 0.05) is 42.8 Å². The van der Waals surface area contributed by atoms with Crippen LogP contribution in [0.15, 0.2) is 48.7 Å². The van der Waals surface area contributed by atoms with E-state index in [2.05, 4.69) is 20.5 Å². The Morgan fingerprint density at radius 2 is 2.00 bits per heavy atom. The molecule has 5 rings (SSSR count). The average molecular weight is 483 g/mol. The predicted octanol–water partition coefficient (Wildman–Crippen LogP) is 3.33. The number of carbonyl (C=O) groups excluding carboxylic acids is 1. The minimum Gasteiger partial charge on any atom is -0.352 e. The number of aromatic nitrogens is 4. The standard InChI is InChI=1S/C24H24F3N7O/c1-2-29-23(35)15-4-3-14-5-7-18(30-19(14)11-15)22-32-31-20-8-6-16(12-34(20)22)21(24(25,26)27)33-10-9-17(28)13-33/h3-8,11-12,17,21H,2,9-10,13,28H2,1H3,(H,29,35)/t17-,21+/m0/s1. The van der Waals surface area contributed by atoms with Crippen molar-refractivity contribution < 1.29 is 18.0 Å². The van der Waals surface area contributed by atoms with Gasteiger partial charge in [0.1, 0.15) is 11.7 Å². The Morgan fingerprint density at radius 3 is 2.71 bits per heavy atom. The second kappa shape index (κ2) is 8.90. The van der Waals surface area contributed by atoms with Gasteiger partial charge in [-0.05, 0) is 43.2 Å². The first-order chi connectivity index (χ1) is 16.7. The zero-order chi connectivity index (χ0) is 24.7. The highest BCUT2D eigenvalue weighted by Crippen LogP contribution is 2.39. The lowest BCUT2D eigenvalue weighted by Crippen LogP contribution is -2.38. The molecule has 11 heteroatoms. The normalized spacial score (nSPS) is 17.8. The Hall–Kier alpha value is -3.57. The first-order valence-corrected chi connectivity index (χ1v) is 11.3. The summed E-state index contributed by atoms with van der Waals surface area (Å²) in [6.07, 6.45) is -2.53. The molecular weight excluding hydrogens is 459 g/mol. The Bertz CT molecular complexity index is 1400. The number of nitrogens with two attached hydrogens (primary N) is 1. The molecule has 4 aromatic rings. The number of alkyl halides is 3.